The van der Waals surface area contributed by atoms with Crippen molar-refractivity contribution in [1.29, 1.82) is 0 Å². The molecule has 17 heavy (non-hydrogen) atoms. The molecule has 0 aliphatic heterocycles. The molecule has 1 fully saturated rings. The molecule has 0 aromatic heterocycles. The lowest BCUT2D eigenvalue weighted by molar-refractivity contribution is 0.332. The number of nitrogens with one attached hydrogen (secondary N) is 1. The maximum absolute atomic E-state index is 13.4. The van der Waals surface area contributed by atoms with Crippen molar-refractivity contribution in [2.24, 2.45) is 11.7 Å². The molecule has 0 spiro atoms. The number of halogens is 1. The molecular formula is C14H21FN2. The van der Waals surface area contributed by atoms with Crippen molar-refractivity contribution in [1.82, 2.24) is 0 Å². The van der Waals surface area contributed by atoms with Crippen molar-refractivity contribution < 1.29 is 4.39 Å². The van der Waals surface area contributed by atoms with Crippen LogP contribution >= 0.6 is 0 Å². The zero-order chi connectivity index (χ0) is 12.3. The van der Waals surface area contributed by atoms with Crippen molar-refractivity contribution >= 4 is 5.69 Å². The highest BCUT2D eigenvalue weighted by atomic mass is 19.1. The normalized spacial score (nSPS) is 24.6. The summed E-state index contributed by atoms with van der Waals surface area (Å²) in [5.74, 6) is 0.378. The van der Waals surface area contributed by atoms with Crippen LogP contribution in [0.5, 0.6) is 0 Å². The van der Waals surface area contributed by atoms with E-state index in [-0.39, 0.29) is 5.82 Å². The van der Waals surface area contributed by atoms with Gasteiger partial charge in [0.25, 0.3) is 0 Å². The molecule has 0 heterocycles. The number of anilines is 1. The van der Waals surface area contributed by atoms with Crippen LogP contribution in [0.15, 0.2) is 18.2 Å². The van der Waals surface area contributed by atoms with E-state index in [9.17, 15) is 4.39 Å². The van der Waals surface area contributed by atoms with Crippen molar-refractivity contribution in [3.8, 4) is 0 Å². The number of benzene rings is 1. The van der Waals surface area contributed by atoms with E-state index in [1.807, 2.05) is 12.1 Å². The van der Waals surface area contributed by atoms with Gasteiger partial charge in [0, 0.05) is 11.7 Å². The fourth-order valence-corrected chi connectivity index (χ4v) is 2.58. The van der Waals surface area contributed by atoms with Crippen LogP contribution in [0.25, 0.3) is 0 Å². The first-order chi connectivity index (χ1) is 8.20. The van der Waals surface area contributed by atoms with Gasteiger partial charge < -0.3 is 11.1 Å². The molecule has 0 amide bonds. The summed E-state index contributed by atoms with van der Waals surface area (Å²) in [6.45, 7) is 2.49. The van der Waals surface area contributed by atoms with E-state index in [2.05, 4.69) is 5.32 Å². The maximum atomic E-state index is 13.4. The molecule has 2 unspecified atom stereocenters. The Balaban J connectivity index is 2.05. The van der Waals surface area contributed by atoms with E-state index in [0.29, 0.717) is 24.1 Å². The topological polar surface area (TPSA) is 38.0 Å². The van der Waals surface area contributed by atoms with Crippen LogP contribution in [0.2, 0.25) is 0 Å². The quantitative estimate of drug-likeness (QED) is 0.846. The largest absolute Gasteiger partial charge is 0.382 e. The molecule has 3 heteroatoms. The first-order valence-electron chi connectivity index (χ1n) is 6.43. The van der Waals surface area contributed by atoms with E-state index in [1.165, 1.54) is 19.3 Å². The predicted octanol–water partition coefficient (Wildman–Crippen LogP) is 3.06. The summed E-state index contributed by atoms with van der Waals surface area (Å²) in [5.41, 5.74) is 7.35. The van der Waals surface area contributed by atoms with Gasteiger partial charge in [-0.2, -0.15) is 0 Å². The van der Waals surface area contributed by atoms with Crippen LogP contribution in [-0.2, 0) is 0 Å². The van der Waals surface area contributed by atoms with Crippen molar-refractivity contribution in [2.45, 2.75) is 38.6 Å². The Bertz CT molecular complexity index is 378. The smallest absolute Gasteiger partial charge is 0.128 e. The molecule has 1 aromatic carbocycles. The molecule has 94 valence electrons. The number of aryl methyl sites for hydroxylation is 1. The zero-order valence-electron chi connectivity index (χ0n) is 10.4. The lowest BCUT2D eigenvalue weighted by atomic mass is 9.84. The molecule has 2 atom stereocenters. The molecule has 1 aliphatic rings. The van der Waals surface area contributed by atoms with Gasteiger partial charge in [0.2, 0.25) is 0 Å². The van der Waals surface area contributed by atoms with Crippen LogP contribution in [0, 0.1) is 18.7 Å². The molecule has 1 aliphatic carbocycles. The first-order valence-corrected chi connectivity index (χ1v) is 6.43. The molecule has 0 bridgehead atoms. The standard InChI is InChI=1S/C14H21FN2/c1-10-6-7-12(8-13(10)15)17-14-5-3-2-4-11(14)9-16/h6-8,11,14,17H,2-5,9,16H2,1H3. The molecule has 1 saturated carbocycles. The third kappa shape index (κ3) is 2.97. The Hall–Kier alpha value is -1.09. The second-order valence-corrected chi connectivity index (χ2v) is 5.00. The number of nitrogens with two attached hydrogens (primary N) is 1. The Labute approximate surface area is 102 Å². The van der Waals surface area contributed by atoms with Crippen LogP contribution in [-0.4, -0.2) is 12.6 Å². The Morgan fingerprint density at radius 1 is 1.35 bits per heavy atom. The van der Waals surface area contributed by atoms with Gasteiger partial charge in [0.05, 0.1) is 0 Å². The second-order valence-electron chi connectivity index (χ2n) is 5.00. The predicted molar refractivity (Wildman–Crippen MR) is 69.6 cm³/mol. The minimum absolute atomic E-state index is 0.143. The van der Waals surface area contributed by atoms with E-state index >= 15 is 0 Å². The molecule has 0 saturated heterocycles. The molecule has 3 N–H and O–H groups in total. The summed E-state index contributed by atoms with van der Waals surface area (Å²) in [6, 6.07) is 5.74. The van der Waals surface area contributed by atoms with E-state index in [4.69, 9.17) is 5.73 Å². The molecule has 1 aromatic rings. The minimum Gasteiger partial charge on any atom is -0.382 e. The first kappa shape index (κ1) is 12.4. The highest BCUT2D eigenvalue weighted by Crippen LogP contribution is 2.27. The number of hydrogen-bond donors (Lipinski definition) is 2. The fourth-order valence-electron chi connectivity index (χ4n) is 2.58. The maximum Gasteiger partial charge on any atom is 0.128 e. The summed E-state index contributed by atoms with van der Waals surface area (Å²) in [7, 11) is 0. The van der Waals surface area contributed by atoms with Crippen molar-refractivity contribution in [3.05, 3.63) is 29.6 Å². The van der Waals surface area contributed by atoms with Crippen LogP contribution in [0.1, 0.15) is 31.2 Å². The summed E-state index contributed by atoms with van der Waals surface area (Å²) in [6.07, 6.45) is 4.82. The Kier molecular flexibility index (Phi) is 4.00. The average molecular weight is 236 g/mol. The lowest BCUT2D eigenvalue weighted by Gasteiger charge is -2.32. The van der Waals surface area contributed by atoms with Gasteiger partial charge in [-0.15, -0.1) is 0 Å². The van der Waals surface area contributed by atoms with Gasteiger partial charge in [0.1, 0.15) is 5.82 Å². The monoisotopic (exact) mass is 236 g/mol. The third-order valence-electron chi connectivity index (χ3n) is 3.74. The van der Waals surface area contributed by atoms with Gasteiger partial charge in [-0.05, 0) is 49.9 Å². The number of rotatable bonds is 3. The highest BCUT2D eigenvalue weighted by Gasteiger charge is 2.23. The third-order valence-corrected chi connectivity index (χ3v) is 3.74. The van der Waals surface area contributed by atoms with E-state index in [0.717, 1.165) is 12.1 Å². The van der Waals surface area contributed by atoms with Crippen LogP contribution < -0.4 is 11.1 Å². The SMILES string of the molecule is Cc1ccc(NC2CCCCC2CN)cc1F. The van der Waals surface area contributed by atoms with E-state index < -0.39 is 0 Å². The van der Waals surface area contributed by atoms with Gasteiger partial charge in [-0.25, -0.2) is 4.39 Å². The van der Waals surface area contributed by atoms with Crippen LogP contribution in [0.4, 0.5) is 10.1 Å². The van der Waals surface area contributed by atoms with Crippen molar-refractivity contribution in [3.63, 3.8) is 0 Å². The summed E-state index contributed by atoms with van der Waals surface area (Å²) in [5, 5.41) is 3.43. The van der Waals surface area contributed by atoms with Gasteiger partial charge in [-0.3, -0.25) is 0 Å². The molecule has 0 radical (unpaired) electrons. The highest BCUT2D eigenvalue weighted by molar-refractivity contribution is 5.46. The van der Waals surface area contributed by atoms with E-state index in [1.54, 1.807) is 13.0 Å². The fraction of sp³-hybridized carbons (Fsp3) is 0.571. The zero-order valence-corrected chi connectivity index (χ0v) is 10.4. The van der Waals surface area contributed by atoms with Gasteiger partial charge in [0.15, 0.2) is 0 Å². The second kappa shape index (κ2) is 5.50. The van der Waals surface area contributed by atoms with Crippen LogP contribution in [0.3, 0.4) is 0 Å². The van der Waals surface area contributed by atoms with Gasteiger partial charge >= 0.3 is 0 Å². The molecule has 2 rings (SSSR count). The number of hydrogen-bond acceptors (Lipinski definition) is 2. The minimum atomic E-state index is -0.143. The lowest BCUT2D eigenvalue weighted by Crippen LogP contribution is -2.36. The summed E-state index contributed by atoms with van der Waals surface area (Å²) >= 11 is 0. The van der Waals surface area contributed by atoms with Gasteiger partial charge in [-0.1, -0.05) is 18.9 Å². The molecular weight excluding hydrogens is 215 g/mol. The summed E-state index contributed by atoms with van der Waals surface area (Å²) < 4.78 is 13.4. The Morgan fingerprint density at radius 2 is 2.12 bits per heavy atom. The molecule has 2 nitrogen and oxygen atoms in total. The Morgan fingerprint density at radius 3 is 2.82 bits per heavy atom. The van der Waals surface area contributed by atoms with Crippen molar-refractivity contribution in [2.75, 3.05) is 11.9 Å². The summed E-state index contributed by atoms with van der Waals surface area (Å²) in [4.78, 5) is 0. The average Bonchev–Trinajstić information content (AvgIpc) is 2.34.